The van der Waals surface area contributed by atoms with Gasteiger partial charge in [0.2, 0.25) is 0 Å². The number of nitrogens with zero attached hydrogens (tertiary/aromatic N) is 2. The van der Waals surface area contributed by atoms with E-state index in [1.807, 2.05) is 6.92 Å². The van der Waals surface area contributed by atoms with Crippen LogP contribution in [-0.2, 0) is 10.3 Å². The number of rotatable bonds is 1. The van der Waals surface area contributed by atoms with Crippen LogP contribution < -0.4 is 5.73 Å². The van der Waals surface area contributed by atoms with E-state index in [9.17, 15) is 0 Å². The first kappa shape index (κ1) is 8.10. The van der Waals surface area contributed by atoms with Crippen molar-refractivity contribution in [2.24, 2.45) is 5.73 Å². The van der Waals surface area contributed by atoms with Gasteiger partial charge in [0.05, 0.1) is 12.1 Å². The topological polar surface area (TPSA) is 61.0 Å². The number of aromatic nitrogens is 2. The van der Waals surface area contributed by atoms with E-state index in [-0.39, 0.29) is 5.54 Å². The Morgan fingerprint density at radius 2 is 2.42 bits per heavy atom. The van der Waals surface area contributed by atoms with Gasteiger partial charge in [-0.25, -0.2) is 0 Å². The molecule has 4 nitrogen and oxygen atoms in total. The first-order valence-corrected chi connectivity index (χ1v) is 4.70. The molecule has 0 bridgehead atoms. The second-order valence-corrected chi connectivity index (χ2v) is 4.27. The Hall–Kier alpha value is -0.520. The molecule has 1 aromatic heterocycles. The summed E-state index contributed by atoms with van der Waals surface area (Å²) in [5, 5.41) is 9.83. The maximum absolute atomic E-state index is 6.08. The molecule has 66 valence electrons. The largest absolute Gasteiger partial charge is 0.379 e. The smallest absolute Gasteiger partial charge is 0.139 e. The summed E-state index contributed by atoms with van der Waals surface area (Å²) in [5.41, 5.74) is 5.71. The average molecular weight is 185 g/mol. The maximum atomic E-state index is 6.08. The van der Waals surface area contributed by atoms with Gasteiger partial charge in [-0.1, -0.05) is 11.3 Å². The standard InChI is InChI=1S/C7H11N3OS/c1-5-9-10-6(12-5)7(8)2-3-11-4-7/h2-4,8H2,1H3. The van der Waals surface area contributed by atoms with Crippen LogP contribution in [-0.4, -0.2) is 23.4 Å². The molecule has 1 atom stereocenters. The summed E-state index contributed by atoms with van der Waals surface area (Å²) < 4.78 is 5.24. The molecule has 5 heteroatoms. The van der Waals surface area contributed by atoms with Gasteiger partial charge in [0, 0.05) is 6.61 Å². The van der Waals surface area contributed by atoms with Gasteiger partial charge in [-0.3, -0.25) is 0 Å². The maximum Gasteiger partial charge on any atom is 0.139 e. The summed E-state index contributed by atoms with van der Waals surface area (Å²) in [6.07, 6.45) is 0.849. The summed E-state index contributed by atoms with van der Waals surface area (Å²) in [6.45, 7) is 3.23. The first-order valence-electron chi connectivity index (χ1n) is 3.88. The van der Waals surface area contributed by atoms with E-state index in [1.54, 1.807) is 11.3 Å². The predicted octanol–water partition coefficient (Wildman–Crippen LogP) is 0.421. The second kappa shape index (κ2) is 2.76. The third-order valence-corrected chi connectivity index (χ3v) is 3.06. The number of aryl methyl sites for hydroxylation is 1. The van der Waals surface area contributed by atoms with Gasteiger partial charge >= 0.3 is 0 Å². The quantitative estimate of drug-likeness (QED) is 0.689. The minimum Gasteiger partial charge on any atom is -0.379 e. The van der Waals surface area contributed by atoms with Crippen molar-refractivity contribution in [2.45, 2.75) is 18.9 Å². The van der Waals surface area contributed by atoms with Crippen molar-refractivity contribution in [1.29, 1.82) is 0 Å². The minimum atomic E-state index is -0.369. The highest BCUT2D eigenvalue weighted by Gasteiger charge is 2.35. The lowest BCUT2D eigenvalue weighted by molar-refractivity contribution is 0.178. The monoisotopic (exact) mass is 185 g/mol. The van der Waals surface area contributed by atoms with Gasteiger partial charge in [0.1, 0.15) is 10.0 Å². The molecule has 2 heterocycles. The molecular formula is C7H11N3OS. The third kappa shape index (κ3) is 1.24. The van der Waals surface area contributed by atoms with Gasteiger partial charge in [0.25, 0.3) is 0 Å². The third-order valence-electron chi connectivity index (χ3n) is 2.00. The zero-order valence-electron chi connectivity index (χ0n) is 6.91. The van der Waals surface area contributed by atoms with E-state index in [1.165, 1.54) is 0 Å². The highest BCUT2D eigenvalue weighted by molar-refractivity contribution is 7.11. The van der Waals surface area contributed by atoms with Crippen LogP contribution >= 0.6 is 11.3 Å². The lowest BCUT2D eigenvalue weighted by atomic mass is 10.0. The van der Waals surface area contributed by atoms with Crippen molar-refractivity contribution < 1.29 is 4.74 Å². The van der Waals surface area contributed by atoms with Crippen LogP contribution in [0.15, 0.2) is 0 Å². The van der Waals surface area contributed by atoms with Crippen molar-refractivity contribution >= 4 is 11.3 Å². The van der Waals surface area contributed by atoms with Crippen LogP contribution in [0.25, 0.3) is 0 Å². The fourth-order valence-electron chi connectivity index (χ4n) is 1.25. The molecule has 2 rings (SSSR count). The minimum absolute atomic E-state index is 0.369. The molecule has 0 spiro atoms. The van der Waals surface area contributed by atoms with E-state index >= 15 is 0 Å². The van der Waals surface area contributed by atoms with Crippen molar-refractivity contribution in [2.75, 3.05) is 13.2 Å². The van der Waals surface area contributed by atoms with Gasteiger partial charge in [-0.15, -0.1) is 10.2 Å². The second-order valence-electron chi connectivity index (χ2n) is 3.08. The summed E-state index contributed by atoms with van der Waals surface area (Å²) in [4.78, 5) is 0. The molecule has 1 aliphatic rings. The van der Waals surface area contributed by atoms with Crippen molar-refractivity contribution in [3.8, 4) is 0 Å². The van der Waals surface area contributed by atoms with Crippen molar-refractivity contribution in [3.05, 3.63) is 10.0 Å². The molecule has 2 N–H and O–H groups in total. The number of ether oxygens (including phenoxy) is 1. The molecule has 1 aliphatic heterocycles. The fraction of sp³-hybridized carbons (Fsp3) is 0.714. The van der Waals surface area contributed by atoms with Crippen LogP contribution in [0.5, 0.6) is 0 Å². The summed E-state index contributed by atoms with van der Waals surface area (Å²) in [6, 6.07) is 0. The Kier molecular flexibility index (Phi) is 1.86. The van der Waals surface area contributed by atoms with Gasteiger partial charge in [-0.05, 0) is 13.3 Å². The molecule has 12 heavy (non-hydrogen) atoms. The average Bonchev–Trinajstić information content (AvgIpc) is 2.59. The normalized spacial score (nSPS) is 29.5. The molecular weight excluding hydrogens is 174 g/mol. The predicted molar refractivity (Wildman–Crippen MR) is 45.9 cm³/mol. The molecule has 0 amide bonds. The van der Waals surface area contributed by atoms with Crippen LogP contribution in [0.4, 0.5) is 0 Å². The van der Waals surface area contributed by atoms with Gasteiger partial charge in [-0.2, -0.15) is 0 Å². The van der Waals surface area contributed by atoms with Crippen LogP contribution in [0.1, 0.15) is 16.4 Å². The molecule has 1 fully saturated rings. The van der Waals surface area contributed by atoms with Crippen LogP contribution in [0, 0.1) is 6.92 Å². The zero-order valence-corrected chi connectivity index (χ0v) is 7.73. The number of hydrogen-bond acceptors (Lipinski definition) is 5. The first-order chi connectivity index (χ1) is 5.71. The molecule has 0 radical (unpaired) electrons. The highest BCUT2D eigenvalue weighted by Crippen LogP contribution is 2.29. The summed E-state index contributed by atoms with van der Waals surface area (Å²) in [7, 11) is 0. The van der Waals surface area contributed by atoms with Gasteiger partial charge < -0.3 is 10.5 Å². The molecule has 1 aromatic rings. The Labute approximate surface area is 74.8 Å². The van der Waals surface area contributed by atoms with Crippen LogP contribution in [0.3, 0.4) is 0 Å². The summed E-state index contributed by atoms with van der Waals surface area (Å²) in [5.74, 6) is 0. The molecule has 0 saturated carbocycles. The molecule has 1 saturated heterocycles. The zero-order chi connectivity index (χ0) is 8.60. The lowest BCUT2D eigenvalue weighted by Crippen LogP contribution is -2.36. The highest BCUT2D eigenvalue weighted by atomic mass is 32.1. The van der Waals surface area contributed by atoms with Crippen molar-refractivity contribution in [1.82, 2.24) is 10.2 Å². The lowest BCUT2D eigenvalue weighted by Gasteiger charge is -2.16. The molecule has 1 unspecified atom stereocenters. The van der Waals surface area contributed by atoms with Gasteiger partial charge in [0.15, 0.2) is 0 Å². The molecule has 0 aromatic carbocycles. The SMILES string of the molecule is Cc1nnc(C2(N)CCOC2)s1. The van der Waals surface area contributed by atoms with E-state index in [0.717, 1.165) is 23.0 Å². The van der Waals surface area contributed by atoms with Crippen molar-refractivity contribution in [3.63, 3.8) is 0 Å². The Morgan fingerprint density at radius 1 is 1.58 bits per heavy atom. The Bertz CT molecular complexity index is 280. The van der Waals surface area contributed by atoms with Crippen LogP contribution in [0.2, 0.25) is 0 Å². The number of nitrogens with two attached hydrogens (primary N) is 1. The summed E-state index contributed by atoms with van der Waals surface area (Å²) >= 11 is 1.56. The molecule has 0 aliphatic carbocycles. The van der Waals surface area contributed by atoms with E-state index < -0.39 is 0 Å². The number of hydrogen-bond donors (Lipinski definition) is 1. The van der Waals surface area contributed by atoms with E-state index in [0.29, 0.717) is 6.61 Å². The van der Waals surface area contributed by atoms with E-state index in [2.05, 4.69) is 10.2 Å². The Morgan fingerprint density at radius 3 is 2.92 bits per heavy atom. The Balaban J connectivity index is 2.28. The van der Waals surface area contributed by atoms with E-state index in [4.69, 9.17) is 10.5 Å². The fourth-order valence-corrected chi connectivity index (χ4v) is 2.05.